The number of nitrogens with zero attached hydrogens (tertiary/aromatic N) is 2. The highest BCUT2D eigenvalue weighted by molar-refractivity contribution is 9.10. The lowest BCUT2D eigenvalue weighted by Gasteiger charge is -2.15. The van der Waals surface area contributed by atoms with E-state index in [1.54, 1.807) is 12.1 Å². The Hall–Kier alpha value is -2.23. The van der Waals surface area contributed by atoms with Crippen LogP contribution in [0.15, 0.2) is 56.9 Å². The quantitative estimate of drug-likeness (QED) is 0.538. The highest BCUT2D eigenvalue weighted by atomic mass is 79.9. The molecule has 2 aromatic rings. The van der Waals surface area contributed by atoms with Crippen molar-refractivity contribution in [2.45, 2.75) is 17.7 Å². The van der Waals surface area contributed by atoms with Gasteiger partial charge in [-0.05, 0) is 49.2 Å². The smallest absolute Gasteiger partial charge is 0.271 e. The molecule has 27 heavy (non-hydrogen) atoms. The van der Waals surface area contributed by atoms with Gasteiger partial charge in [-0.1, -0.05) is 22.0 Å². The summed E-state index contributed by atoms with van der Waals surface area (Å²) in [5, 5.41) is 13.6. The van der Waals surface area contributed by atoms with Crippen molar-refractivity contribution in [2.75, 3.05) is 13.1 Å². The molecule has 9 heteroatoms. The molecule has 0 aliphatic carbocycles. The predicted molar refractivity (Wildman–Crippen MR) is 105 cm³/mol. The third-order valence-corrected chi connectivity index (χ3v) is 6.55. The maximum Gasteiger partial charge on any atom is 0.271 e. The van der Waals surface area contributed by atoms with Crippen molar-refractivity contribution in [3.8, 4) is 5.75 Å². The van der Waals surface area contributed by atoms with Crippen LogP contribution in [0.5, 0.6) is 5.75 Å². The van der Waals surface area contributed by atoms with E-state index in [1.807, 2.05) is 0 Å². The van der Waals surface area contributed by atoms with Crippen LogP contribution in [0.1, 0.15) is 28.8 Å². The van der Waals surface area contributed by atoms with Crippen LogP contribution in [0, 0.1) is 0 Å². The number of hydrogen-bond donors (Lipinski definition) is 2. The van der Waals surface area contributed by atoms with Crippen molar-refractivity contribution in [3.63, 3.8) is 0 Å². The fraction of sp³-hybridized carbons (Fsp3) is 0.222. The molecule has 0 saturated carbocycles. The molecule has 7 nitrogen and oxygen atoms in total. The zero-order valence-corrected chi connectivity index (χ0v) is 16.7. The van der Waals surface area contributed by atoms with Gasteiger partial charge in [-0.15, -0.1) is 0 Å². The second kappa shape index (κ2) is 8.20. The Morgan fingerprint density at radius 1 is 1.19 bits per heavy atom. The SMILES string of the molecule is O=C(NN=Cc1cc(Br)ccc1O)c1cccc(S(=O)(=O)N2CCCC2)c1. The lowest BCUT2D eigenvalue weighted by Crippen LogP contribution is -2.28. The molecule has 1 heterocycles. The number of aromatic hydroxyl groups is 1. The summed E-state index contributed by atoms with van der Waals surface area (Å²) in [7, 11) is -3.59. The van der Waals surface area contributed by atoms with Gasteiger partial charge in [0.1, 0.15) is 5.75 Å². The van der Waals surface area contributed by atoms with Crippen LogP contribution in [0.2, 0.25) is 0 Å². The Morgan fingerprint density at radius 2 is 1.93 bits per heavy atom. The standard InChI is InChI=1S/C18H18BrN3O4S/c19-15-6-7-17(23)14(10-15)12-20-21-18(24)13-4-3-5-16(11-13)27(25,26)22-8-1-2-9-22/h3-7,10-12,23H,1-2,8-9H2,(H,21,24). The van der Waals surface area contributed by atoms with E-state index in [0.29, 0.717) is 18.7 Å². The maximum atomic E-state index is 12.6. The van der Waals surface area contributed by atoms with Crippen molar-refractivity contribution >= 4 is 38.1 Å². The van der Waals surface area contributed by atoms with Crippen LogP contribution in [0.4, 0.5) is 0 Å². The molecule has 0 bridgehead atoms. The molecule has 3 rings (SSSR count). The topological polar surface area (TPSA) is 99.1 Å². The van der Waals surface area contributed by atoms with E-state index < -0.39 is 15.9 Å². The zero-order chi connectivity index (χ0) is 19.4. The highest BCUT2D eigenvalue weighted by Crippen LogP contribution is 2.22. The van der Waals surface area contributed by atoms with Crippen LogP contribution in [-0.2, 0) is 10.0 Å². The van der Waals surface area contributed by atoms with E-state index in [2.05, 4.69) is 26.5 Å². The van der Waals surface area contributed by atoms with Gasteiger partial charge >= 0.3 is 0 Å². The van der Waals surface area contributed by atoms with Crippen molar-refractivity contribution < 1.29 is 18.3 Å². The van der Waals surface area contributed by atoms with E-state index in [1.165, 1.54) is 40.9 Å². The minimum absolute atomic E-state index is 0.0231. The van der Waals surface area contributed by atoms with Crippen LogP contribution in [0.25, 0.3) is 0 Å². The minimum atomic E-state index is -3.59. The van der Waals surface area contributed by atoms with Crippen LogP contribution in [0.3, 0.4) is 0 Å². The number of amides is 1. The molecular formula is C18H18BrN3O4S. The molecule has 1 amide bonds. The number of carbonyl (C=O) groups excluding carboxylic acids is 1. The number of carbonyl (C=O) groups is 1. The molecule has 1 saturated heterocycles. The van der Waals surface area contributed by atoms with Gasteiger partial charge in [0.15, 0.2) is 0 Å². The van der Waals surface area contributed by atoms with Gasteiger partial charge in [0.2, 0.25) is 10.0 Å². The number of hydrazone groups is 1. The zero-order valence-electron chi connectivity index (χ0n) is 14.3. The van der Waals surface area contributed by atoms with Gasteiger partial charge in [-0.25, -0.2) is 13.8 Å². The first-order chi connectivity index (χ1) is 12.9. The number of sulfonamides is 1. The molecule has 2 N–H and O–H groups in total. The van der Waals surface area contributed by atoms with Gasteiger partial charge in [0, 0.05) is 28.7 Å². The largest absolute Gasteiger partial charge is 0.507 e. The lowest BCUT2D eigenvalue weighted by atomic mass is 10.2. The number of benzene rings is 2. The number of hydrogen-bond acceptors (Lipinski definition) is 5. The minimum Gasteiger partial charge on any atom is -0.507 e. The molecule has 0 radical (unpaired) electrons. The fourth-order valence-corrected chi connectivity index (χ4v) is 4.67. The number of nitrogens with one attached hydrogen (secondary N) is 1. The summed E-state index contributed by atoms with van der Waals surface area (Å²) >= 11 is 3.29. The highest BCUT2D eigenvalue weighted by Gasteiger charge is 2.27. The van der Waals surface area contributed by atoms with Crippen LogP contribution >= 0.6 is 15.9 Å². The summed E-state index contributed by atoms with van der Waals surface area (Å²) < 4.78 is 27.4. The first kappa shape index (κ1) is 19.5. The molecule has 0 aromatic heterocycles. The van der Waals surface area contributed by atoms with Gasteiger partial charge < -0.3 is 5.11 Å². The summed E-state index contributed by atoms with van der Waals surface area (Å²) in [5.74, 6) is -0.519. The van der Waals surface area contributed by atoms with Crippen molar-refractivity contribution in [1.29, 1.82) is 0 Å². The van der Waals surface area contributed by atoms with E-state index in [0.717, 1.165) is 17.3 Å². The Kier molecular flexibility index (Phi) is 5.93. The number of rotatable bonds is 5. The summed E-state index contributed by atoms with van der Waals surface area (Å²) in [5.41, 5.74) is 2.95. The Bertz CT molecular complexity index is 986. The molecule has 1 aliphatic heterocycles. The predicted octanol–water partition coefficient (Wildman–Crippen LogP) is 2.70. The molecule has 0 atom stereocenters. The van der Waals surface area contributed by atoms with E-state index in [4.69, 9.17) is 0 Å². The molecule has 1 aliphatic rings. The molecule has 0 spiro atoms. The van der Waals surface area contributed by atoms with E-state index in [9.17, 15) is 18.3 Å². The van der Waals surface area contributed by atoms with Crippen molar-refractivity contribution in [2.24, 2.45) is 5.10 Å². The summed E-state index contributed by atoms with van der Waals surface area (Å²) in [6.45, 7) is 0.998. The second-order valence-electron chi connectivity index (χ2n) is 6.04. The van der Waals surface area contributed by atoms with Crippen LogP contribution < -0.4 is 5.43 Å². The molecule has 2 aromatic carbocycles. The Morgan fingerprint density at radius 3 is 2.67 bits per heavy atom. The summed E-state index contributed by atoms with van der Waals surface area (Å²) in [6.07, 6.45) is 3.00. The summed E-state index contributed by atoms with van der Waals surface area (Å²) in [4.78, 5) is 12.4. The third-order valence-electron chi connectivity index (χ3n) is 4.16. The van der Waals surface area contributed by atoms with Crippen LogP contribution in [-0.4, -0.2) is 43.0 Å². The first-order valence-corrected chi connectivity index (χ1v) is 10.5. The van der Waals surface area contributed by atoms with E-state index >= 15 is 0 Å². The Balaban J connectivity index is 1.74. The van der Waals surface area contributed by atoms with Gasteiger partial charge in [0.05, 0.1) is 11.1 Å². The maximum absolute atomic E-state index is 12.6. The van der Waals surface area contributed by atoms with Gasteiger partial charge in [0.25, 0.3) is 5.91 Å². The van der Waals surface area contributed by atoms with Crippen molar-refractivity contribution in [3.05, 3.63) is 58.1 Å². The lowest BCUT2D eigenvalue weighted by molar-refractivity contribution is 0.0955. The fourth-order valence-electron chi connectivity index (χ4n) is 2.73. The molecule has 0 unspecified atom stereocenters. The molecule has 1 fully saturated rings. The van der Waals surface area contributed by atoms with Gasteiger partial charge in [-0.3, -0.25) is 4.79 Å². The van der Waals surface area contributed by atoms with E-state index in [-0.39, 0.29) is 16.2 Å². The number of phenols is 1. The van der Waals surface area contributed by atoms with Gasteiger partial charge in [-0.2, -0.15) is 9.41 Å². The second-order valence-corrected chi connectivity index (χ2v) is 8.89. The number of halogens is 1. The Labute approximate surface area is 165 Å². The van der Waals surface area contributed by atoms with Crippen molar-refractivity contribution in [1.82, 2.24) is 9.73 Å². The summed E-state index contributed by atoms with van der Waals surface area (Å²) in [6, 6.07) is 10.7. The average Bonchev–Trinajstić information content (AvgIpc) is 3.20. The average molecular weight is 452 g/mol. The molecule has 142 valence electrons. The first-order valence-electron chi connectivity index (χ1n) is 8.30. The monoisotopic (exact) mass is 451 g/mol. The normalized spacial score (nSPS) is 15.3. The third kappa shape index (κ3) is 4.55. The molecular weight excluding hydrogens is 434 g/mol. The number of phenolic OH excluding ortho intramolecular Hbond substituents is 1.